The molecule has 0 aliphatic heterocycles. The maximum absolute atomic E-state index is 12.5. The summed E-state index contributed by atoms with van der Waals surface area (Å²) < 4.78 is 0. The Kier molecular flexibility index (Phi) is 11.5. The van der Waals surface area contributed by atoms with E-state index in [0.29, 0.717) is 22.5 Å². The van der Waals surface area contributed by atoms with Gasteiger partial charge in [0.1, 0.15) is 0 Å². The molecule has 8 heteroatoms. The molecular weight excluding hydrogens is 501 g/mol. The van der Waals surface area contributed by atoms with Crippen LogP contribution in [0, 0.1) is 0 Å². The second-order valence-electron chi connectivity index (χ2n) is 8.40. The van der Waals surface area contributed by atoms with Crippen molar-refractivity contribution in [2.24, 2.45) is 9.98 Å². The minimum Gasteiger partial charge on any atom is -0.861 e. The molecule has 0 radical (unpaired) electrons. The molecule has 1 N–H and O–H groups in total. The van der Waals surface area contributed by atoms with Crippen LogP contribution in [-0.2, 0) is 21.3 Å². The Labute approximate surface area is 221 Å². The molecule has 0 spiro atoms. The van der Waals surface area contributed by atoms with Crippen molar-refractivity contribution in [3.8, 4) is 0 Å². The number of aliphatic hydroxyl groups excluding tert-OH is 1. The molecule has 0 amide bonds. The first-order valence-corrected chi connectivity index (χ1v) is 11.4. The Morgan fingerprint density at radius 2 is 1.50 bits per heavy atom. The molecule has 3 aromatic rings. The van der Waals surface area contributed by atoms with Gasteiger partial charge in [-0.15, -0.1) is 0 Å². The van der Waals surface area contributed by atoms with Gasteiger partial charge in [0.05, 0.1) is 23.4 Å². The maximum atomic E-state index is 12.5. The van der Waals surface area contributed by atoms with Gasteiger partial charge in [-0.2, -0.15) is 0 Å². The van der Waals surface area contributed by atoms with Gasteiger partial charge in [-0.3, -0.25) is 9.98 Å². The van der Waals surface area contributed by atoms with Gasteiger partial charge >= 0.3 is 16.5 Å². The van der Waals surface area contributed by atoms with Crippen LogP contribution in [0.3, 0.4) is 0 Å². The molecule has 0 aliphatic rings. The Balaban J connectivity index is 0.00000456. The summed E-state index contributed by atoms with van der Waals surface area (Å²) >= 11 is 0. The molecule has 0 unspecified atom stereocenters. The number of aliphatic imine (C=N–C) groups is 2. The number of nitrogens with zero attached hydrogens (tertiary/aromatic N) is 3. The average Bonchev–Trinajstić information content (AvgIpc) is 2.85. The van der Waals surface area contributed by atoms with Crippen LogP contribution in [0.2, 0.25) is 0 Å². The van der Waals surface area contributed by atoms with Crippen LogP contribution in [0.1, 0.15) is 29.0 Å². The molecule has 3 aromatic carbocycles. The fraction of sp³-hybridized carbons (Fsp3) is 0.250. The summed E-state index contributed by atoms with van der Waals surface area (Å²) in [4.78, 5) is 23.1. The minimum atomic E-state index is -1.35. The number of carbonyl (C=O) groups excluding carboxylic acids is 1. The van der Waals surface area contributed by atoms with E-state index >= 15 is 0 Å². The zero-order chi connectivity index (χ0) is 25.2. The molecule has 0 fully saturated rings. The SMILES string of the molecule is CN(C)CC([O-])=Nc1ccccc1C(=N[C@H](C(=O)[O-])[C@@H](CCO)c1ccccc1)c1ccccc1.[Ni+2]. The normalized spacial score (nSPS) is 13.7. The van der Waals surface area contributed by atoms with Gasteiger partial charge < -0.3 is 25.0 Å². The molecule has 0 saturated carbocycles. The summed E-state index contributed by atoms with van der Waals surface area (Å²) in [5.74, 6) is -2.28. The van der Waals surface area contributed by atoms with E-state index in [4.69, 9.17) is 4.99 Å². The molecule has 0 saturated heterocycles. The standard InChI is InChI=1S/C28H31N3O4.Ni/c1-31(2)19-25(33)29-24-16-10-9-15-23(24)26(21-13-7-4-8-14-21)30-27(28(34)35)22(17-18-32)20-11-5-3-6-12-20;/h3-16,22,27,32H,17-19H2,1-2H3,(H,29,33)(H,34,35);/q;+2/p-2/t22-,27-;/m0./s1. The summed E-state index contributed by atoms with van der Waals surface area (Å²) in [6, 6.07) is 24.0. The Bertz CT molecular complexity index is 1170. The number of carbonyl (C=O) groups is 1. The number of aliphatic hydroxyl groups is 1. The van der Waals surface area contributed by atoms with Crippen LogP contribution >= 0.6 is 0 Å². The molecule has 7 nitrogen and oxygen atoms in total. The third-order valence-electron chi connectivity index (χ3n) is 5.46. The second kappa shape index (κ2) is 14.3. The first kappa shape index (κ1) is 28.9. The van der Waals surface area contributed by atoms with Crippen molar-refractivity contribution in [1.29, 1.82) is 0 Å². The van der Waals surface area contributed by atoms with E-state index in [0.717, 1.165) is 5.56 Å². The van der Waals surface area contributed by atoms with E-state index < -0.39 is 17.9 Å². The van der Waals surface area contributed by atoms with Crippen molar-refractivity contribution >= 4 is 23.3 Å². The second-order valence-corrected chi connectivity index (χ2v) is 8.40. The fourth-order valence-electron chi connectivity index (χ4n) is 3.90. The first-order chi connectivity index (χ1) is 16.9. The molecule has 2 atom stereocenters. The van der Waals surface area contributed by atoms with Crippen molar-refractivity contribution in [2.45, 2.75) is 18.4 Å². The molecule has 190 valence electrons. The van der Waals surface area contributed by atoms with Gasteiger partial charge in [0, 0.05) is 30.2 Å². The Hall–Kier alpha value is -3.32. The van der Waals surface area contributed by atoms with Crippen LogP contribution in [-0.4, -0.2) is 60.9 Å². The third kappa shape index (κ3) is 7.85. The third-order valence-corrected chi connectivity index (χ3v) is 5.46. The number of hydrogen-bond donors (Lipinski definition) is 1. The van der Waals surface area contributed by atoms with Crippen molar-refractivity contribution in [3.63, 3.8) is 0 Å². The van der Waals surface area contributed by atoms with Gasteiger partial charge in [0.2, 0.25) is 0 Å². The van der Waals surface area contributed by atoms with Crippen LogP contribution in [0.25, 0.3) is 0 Å². The number of hydrogen-bond acceptors (Lipinski definition) is 7. The number of rotatable bonds is 11. The molecule has 0 bridgehead atoms. The first-order valence-electron chi connectivity index (χ1n) is 11.4. The molecular formula is C28H29N3NiO4. The molecule has 0 heterocycles. The molecule has 3 rings (SSSR count). The van der Waals surface area contributed by atoms with Crippen LogP contribution < -0.4 is 10.2 Å². The topological polar surface area (TPSA) is 111 Å². The molecule has 36 heavy (non-hydrogen) atoms. The number of carboxylic acid groups (broad SMARTS) is 1. The van der Waals surface area contributed by atoms with Crippen LogP contribution in [0.5, 0.6) is 0 Å². The number of para-hydroxylation sites is 1. The number of likely N-dealkylation sites (N-methyl/N-ethyl adjacent to an activating group) is 1. The largest absolute Gasteiger partial charge is 2.00 e. The number of aliphatic carboxylic acids is 1. The summed E-state index contributed by atoms with van der Waals surface area (Å²) in [6.07, 6.45) is 0.196. The summed E-state index contributed by atoms with van der Waals surface area (Å²) in [6.45, 7) is -0.0646. The van der Waals surface area contributed by atoms with E-state index in [1.165, 1.54) is 0 Å². The van der Waals surface area contributed by atoms with Crippen molar-refractivity contribution in [2.75, 3.05) is 27.2 Å². The van der Waals surface area contributed by atoms with Gasteiger partial charge in [-0.05, 0) is 38.0 Å². The Morgan fingerprint density at radius 3 is 2.08 bits per heavy atom. The average molecular weight is 530 g/mol. The molecule has 0 aromatic heterocycles. The monoisotopic (exact) mass is 529 g/mol. The van der Waals surface area contributed by atoms with Crippen molar-refractivity contribution < 1.29 is 36.6 Å². The quantitative estimate of drug-likeness (QED) is 0.231. The fourth-order valence-corrected chi connectivity index (χ4v) is 3.90. The predicted octanol–water partition coefficient (Wildman–Crippen LogP) is 1.76. The number of carboxylic acids is 1. The van der Waals surface area contributed by atoms with Crippen LogP contribution in [0.4, 0.5) is 5.69 Å². The van der Waals surface area contributed by atoms with Gasteiger partial charge in [-0.25, -0.2) is 0 Å². The van der Waals surface area contributed by atoms with Crippen molar-refractivity contribution in [3.05, 3.63) is 102 Å². The van der Waals surface area contributed by atoms with Gasteiger partial charge in [0.15, 0.2) is 0 Å². The summed E-state index contributed by atoms with van der Waals surface area (Å²) in [7, 11) is 3.57. The van der Waals surface area contributed by atoms with E-state index in [1.54, 1.807) is 43.3 Å². The smallest absolute Gasteiger partial charge is 0.861 e. The summed E-state index contributed by atoms with van der Waals surface area (Å²) in [5, 5.41) is 34.5. The van der Waals surface area contributed by atoms with Crippen molar-refractivity contribution in [1.82, 2.24) is 4.90 Å². The summed E-state index contributed by atoms with van der Waals surface area (Å²) in [5.41, 5.74) is 2.74. The van der Waals surface area contributed by atoms with Gasteiger partial charge in [-0.1, -0.05) is 78.9 Å². The molecule has 0 aliphatic carbocycles. The van der Waals surface area contributed by atoms with E-state index in [9.17, 15) is 20.1 Å². The van der Waals surface area contributed by atoms with E-state index in [-0.39, 0.29) is 42.0 Å². The number of benzene rings is 3. The maximum Gasteiger partial charge on any atom is 2.00 e. The van der Waals surface area contributed by atoms with Gasteiger partial charge in [0.25, 0.3) is 0 Å². The van der Waals surface area contributed by atoms with E-state index in [2.05, 4.69) is 4.99 Å². The van der Waals surface area contributed by atoms with Crippen LogP contribution in [0.15, 0.2) is 94.9 Å². The Morgan fingerprint density at radius 1 is 0.917 bits per heavy atom. The zero-order valence-corrected chi connectivity index (χ0v) is 21.2. The zero-order valence-electron chi connectivity index (χ0n) is 20.2. The predicted molar refractivity (Wildman–Crippen MR) is 134 cm³/mol. The van der Waals surface area contributed by atoms with E-state index in [1.807, 2.05) is 60.7 Å². The minimum absolute atomic E-state index is 0.